The molecular formula is C17H16INO4. The number of halogens is 1. The molecule has 0 aliphatic rings. The molecule has 2 aromatic rings. The molecule has 1 atom stereocenters. The smallest absolute Gasteiger partial charge is 0.408 e. The third kappa shape index (κ3) is 5.55. The standard InChI is InChI=1S/C17H16INO4/c18-14-9-5-4-8-13(14)10-15(16(20)21)19-17(22)23-11-12-6-2-1-3-7-12/h1-9,15H,10-11H2,(H,19,22)(H,20,21)/t15-/m0/s1. The van der Waals surface area contributed by atoms with Gasteiger partial charge in [0.05, 0.1) is 0 Å². The first-order chi connectivity index (χ1) is 11.1. The van der Waals surface area contributed by atoms with E-state index in [1.807, 2.05) is 54.6 Å². The molecular weight excluding hydrogens is 409 g/mol. The van der Waals surface area contributed by atoms with E-state index in [2.05, 4.69) is 27.9 Å². The van der Waals surface area contributed by atoms with Crippen molar-refractivity contribution in [3.8, 4) is 0 Å². The highest BCUT2D eigenvalue weighted by atomic mass is 127. The Morgan fingerprint density at radius 2 is 1.74 bits per heavy atom. The van der Waals surface area contributed by atoms with Crippen LogP contribution in [0.2, 0.25) is 0 Å². The topological polar surface area (TPSA) is 75.6 Å². The van der Waals surface area contributed by atoms with E-state index in [0.29, 0.717) is 0 Å². The minimum absolute atomic E-state index is 0.0991. The Bertz CT molecular complexity index is 675. The maximum atomic E-state index is 11.8. The number of carboxylic acids is 1. The average molecular weight is 425 g/mol. The maximum Gasteiger partial charge on any atom is 0.408 e. The Morgan fingerprint density at radius 1 is 1.09 bits per heavy atom. The lowest BCUT2D eigenvalue weighted by atomic mass is 10.1. The van der Waals surface area contributed by atoms with Crippen molar-refractivity contribution in [2.24, 2.45) is 0 Å². The molecule has 0 aromatic heterocycles. The van der Waals surface area contributed by atoms with Gasteiger partial charge in [-0.15, -0.1) is 0 Å². The van der Waals surface area contributed by atoms with Crippen molar-refractivity contribution in [2.45, 2.75) is 19.1 Å². The van der Waals surface area contributed by atoms with Crippen LogP contribution in [0.15, 0.2) is 54.6 Å². The molecule has 6 heteroatoms. The Balaban J connectivity index is 1.92. The molecule has 0 aliphatic carbocycles. The second kappa shape index (κ2) is 8.52. The summed E-state index contributed by atoms with van der Waals surface area (Å²) in [6.45, 7) is 0.0991. The highest BCUT2D eigenvalue weighted by Crippen LogP contribution is 2.14. The number of alkyl carbamates (subject to hydrolysis) is 1. The van der Waals surface area contributed by atoms with Gasteiger partial charge in [0.2, 0.25) is 0 Å². The zero-order valence-corrected chi connectivity index (χ0v) is 14.4. The fourth-order valence-electron chi connectivity index (χ4n) is 1.99. The quantitative estimate of drug-likeness (QED) is 0.698. The molecule has 0 saturated heterocycles. The zero-order chi connectivity index (χ0) is 16.7. The van der Waals surface area contributed by atoms with Gasteiger partial charge in [-0.3, -0.25) is 0 Å². The SMILES string of the molecule is O=C(N[C@@H](Cc1ccccc1I)C(=O)O)OCc1ccccc1. The summed E-state index contributed by atoms with van der Waals surface area (Å²) in [5, 5.41) is 11.7. The minimum Gasteiger partial charge on any atom is -0.480 e. The van der Waals surface area contributed by atoms with Crippen molar-refractivity contribution >= 4 is 34.7 Å². The van der Waals surface area contributed by atoms with Gasteiger partial charge in [-0.2, -0.15) is 0 Å². The van der Waals surface area contributed by atoms with Crippen molar-refractivity contribution in [2.75, 3.05) is 0 Å². The summed E-state index contributed by atoms with van der Waals surface area (Å²) in [5.74, 6) is -1.10. The van der Waals surface area contributed by atoms with Crippen molar-refractivity contribution in [3.63, 3.8) is 0 Å². The lowest BCUT2D eigenvalue weighted by molar-refractivity contribution is -0.139. The normalized spacial score (nSPS) is 11.5. The number of carboxylic acid groups (broad SMARTS) is 1. The highest BCUT2D eigenvalue weighted by Gasteiger charge is 2.22. The van der Waals surface area contributed by atoms with E-state index in [1.54, 1.807) is 0 Å². The number of carbonyl (C=O) groups is 2. The monoisotopic (exact) mass is 425 g/mol. The number of nitrogens with one attached hydrogen (secondary N) is 1. The van der Waals surface area contributed by atoms with Crippen LogP contribution in [0, 0.1) is 3.57 Å². The van der Waals surface area contributed by atoms with E-state index in [9.17, 15) is 14.7 Å². The van der Waals surface area contributed by atoms with E-state index in [0.717, 1.165) is 14.7 Å². The van der Waals surface area contributed by atoms with Gasteiger partial charge in [-0.25, -0.2) is 9.59 Å². The van der Waals surface area contributed by atoms with Crippen LogP contribution in [0.5, 0.6) is 0 Å². The van der Waals surface area contributed by atoms with E-state index >= 15 is 0 Å². The van der Waals surface area contributed by atoms with Gasteiger partial charge in [0.15, 0.2) is 0 Å². The molecule has 0 radical (unpaired) electrons. The van der Waals surface area contributed by atoms with Gasteiger partial charge in [0.1, 0.15) is 12.6 Å². The van der Waals surface area contributed by atoms with Crippen LogP contribution in [-0.2, 0) is 22.6 Å². The summed E-state index contributed by atoms with van der Waals surface area (Å²) in [6, 6.07) is 15.6. The van der Waals surface area contributed by atoms with E-state index < -0.39 is 18.1 Å². The van der Waals surface area contributed by atoms with Crippen molar-refractivity contribution in [1.82, 2.24) is 5.32 Å². The van der Waals surface area contributed by atoms with Crippen LogP contribution >= 0.6 is 22.6 Å². The van der Waals surface area contributed by atoms with Crippen LogP contribution < -0.4 is 5.32 Å². The predicted molar refractivity (Wildman–Crippen MR) is 94.0 cm³/mol. The van der Waals surface area contributed by atoms with Gasteiger partial charge in [0.25, 0.3) is 0 Å². The molecule has 120 valence electrons. The van der Waals surface area contributed by atoms with Gasteiger partial charge in [-0.1, -0.05) is 48.5 Å². The number of carbonyl (C=O) groups excluding carboxylic acids is 1. The second-order valence-corrected chi connectivity index (χ2v) is 6.05. The van der Waals surface area contributed by atoms with Crippen LogP contribution in [0.1, 0.15) is 11.1 Å². The lowest BCUT2D eigenvalue weighted by Crippen LogP contribution is -2.42. The molecule has 0 bridgehead atoms. The Kier molecular flexibility index (Phi) is 6.40. The zero-order valence-electron chi connectivity index (χ0n) is 12.2. The predicted octanol–water partition coefficient (Wildman–Crippen LogP) is 3.21. The summed E-state index contributed by atoms with van der Waals surface area (Å²) in [5.41, 5.74) is 1.70. The Labute approximate surface area is 147 Å². The number of amides is 1. The largest absolute Gasteiger partial charge is 0.480 e. The number of hydrogen-bond acceptors (Lipinski definition) is 3. The first-order valence-electron chi connectivity index (χ1n) is 6.99. The van der Waals surface area contributed by atoms with E-state index in [4.69, 9.17) is 4.74 Å². The molecule has 0 spiro atoms. The third-order valence-electron chi connectivity index (χ3n) is 3.18. The fourth-order valence-corrected chi connectivity index (χ4v) is 2.60. The molecule has 2 rings (SSSR count). The van der Waals surface area contributed by atoms with Gasteiger partial charge in [-0.05, 0) is 39.8 Å². The molecule has 0 fully saturated rings. The number of benzene rings is 2. The van der Waals surface area contributed by atoms with Gasteiger partial charge < -0.3 is 15.2 Å². The molecule has 0 heterocycles. The average Bonchev–Trinajstić information content (AvgIpc) is 2.55. The summed E-state index contributed by atoms with van der Waals surface area (Å²) in [4.78, 5) is 23.2. The summed E-state index contributed by atoms with van der Waals surface area (Å²) >= 11 is 2.14. The van der Waals surface area contributed by atoms with Crippen LogP contribution in [0.3, 0.4) is 0 Å². The molecule has 0 aliphatic heterocycles. The summed E-state index contributed by atoms with van der Waals surface area (Å²) < 4.78 is 6.02. The van der Waals surface area contributed by atoms with Gasteiger partial charge >= 0.3 is 12.1 Å². The van der Waals surface area contributed by atoms with Gasteiger partial charge in [0, 0.05) is 9.99 Å². The van der Waals surface area contributed by atoms with Crippen LogP contribution in [0.4, 0.5) is 4.79 Å². The number of rotatable bonds is 6. The molecule has 0 saturated carbocycles. The highest BCUT2D eigenvalue weighted by molar-refractivity contribution is 14.1. The van der Waals surface area contributed by atoms with E-state index in [-0.39, 0.29) is 13.0 Å². The molecule has 23 heavy (non-hydrogen) atoms. The van der Waals surface area contributed by atoms with Crippen LogP contribution in [0.25, 0.3) is 0 Å². The summed E-state index contributed by atoms with van der Waals surface area (Å²) in [7, 11) is 0. The second-order valence-electron chi connectivity index (χ2n) is 4.89. The maximum absolute atomic E-state index is 11.8. The lowest BCUT2D eigenvalue weighted by Gasteiger charge is -2.15. The van der Waals surface area contributed by atoms with Crippen molar-refractivity contribution in [1.29, 1.82) is 0 Å². The molecule has 0 unspecified atom stereocenters. The Hall–Kier alpha value is -2.09. The minimum atomic E-state index is -1.10. The molecule has 1 amide bonds. The molecule has 2 N–H and O–H groups in total. The number of aliphatic carboxylic acids is 1. The van der Waals surface area contributed by atoms with Crippen molar-refractivity contribution in [3.05, 3.63) is 69.3 Å². The first kappa shape index (κ1) is 17.3. The number of ether oxygens (including phenoxy) is 1. The fraction of sp³-hybridized carbons (Fsp3) is 0.176. The van der Waals surface area contributed by atoms with E-state index in [1.165, 1.54) is 0 Å². The summed E-state index contributed by atoms with van der Waals surface area (Å²) in [6.07, 6.45) is -0.540. The molecule has 2 aromatic carbocycles. The molecule has 5 nitrogen and oxygen atoms in total. The number of hydrogen-bond donors (Lipinski definition) is 2. The first-order valence-corrected chi connectivity index (χ1v) is 8.07. The van der Waals surface area contributed by atoms with Crippen LogP contribution in [-0.4, -0.2) is 23.2 Å². The third-order valence-corrected chi connectivity index (χ3v) is 4.24. The van der Waals surface area contributed by atoms with Crippen molar-refractivity contribution < 1.29 is 19.4 Å². The Morgan fingerprint density at radius 3 is 2.39 bits per heavy atom.